The van der Waals surface area contributed by atoms with Gasteiger partial charge in [-0.1, -0.05) is 12.1 Å². The van der Waals surface area contributed by atoms with Gasteiger partial charge in [-0.3, -0.25) is 0 Å². The molecule has 5 heteroatoms. The highest BCUT2D eigenvalue weighted by molar-refractivity contribution is 5.43. The van der Waals surface area contributed by atoms with Crippen LogP contribution in [0.1, 0.15) is 11.1 Å². The fourth-order valence-corrected chi connectivity index (χ4v) is 1.63. The van der Waals surface area contributed by atoms with Crippen LogP contribution < -0.4 is 5.32 Å². The van der Waals surface area contributed by atoms with Gasteiger partial charge in [-0.25, -0.2) is 4.39 Å². The fraction of sp³-hybridized carbons (Fsp3) is 0.143. The lowest BCUT2D eigenvalue weighted by Gasteiger charge is -2.10. The van der Waals surface area contributed by atoms with Crippen molar-refractivity contribution < 1.29 is 17.6 Å². The summed E-state index contributed by atoms with van der Waals surface area (Å²) in [6.45, 7) is 0.246. The molecule has 0 aromatic heterocycles. The van der Waals surface area contributed by atoms with Crippen LogP contribution in [-0.4, -0.2) is 0 Å². The van der Waals surface area contributed by atoms with Gasteiger partial charge in [-0.15, -0.1) is 0 Å². The van der Waals surface area contributed by atoms with Gasteiger partial charge in [0.1, 0.15) is 5.82 Å². The molecular formula is C14H11F4N. The second-order valence-corrected chi connectivity index (χ2v) is 4.06. The van der Waals surface area contributed by atoms with Crippen molar-refractivity contribution >= 4 is 5.69 Å². The number of hydrogen-bond donors (Lipinski definition) is 1. The Morgan fingerprint density at radius 3 is 2.26 bits per heavy atom. The van der Waals surface area contributed by atoms with Crippen LogP contribution in [0.2, 0.25) is 0 Å². The average molecular weight is 269 g/mol. The summed E-state index contributed by atoms with van der Waals surface area (Å²) in [4.78, 5) is 0. The Bertz CT molecular complexity index is 546. The third-order valence-corrected chi connectivity index (χ3v) is 2.60. The second-order valence-electron chi connectivity index (χ2n) is 4.06. The smallest absolute Gasteiger partial charge is 0.381 e. The van der Waals surface area contributed by atoms with Crippen LogP contribution >= 0.6 is 0 Å². The van der Waals surface area contributed by atoms with Crippen LogP contribution in [-0.2, 0) is 12.7 Å². The maximum atomic E-state index is 12.7. The Morgan fingerprint density at radius 2 is 1.63 bits per heavy atom. The molecule has 0 aliphatic heterocycles. The van der Waals surface area contributed by atoms with E-state index in [0.717, 1.165) is 12.1 Å². The van der Waals surface area contributed by atoms with Crippen LogP contribution in [0, 0.1) is 5.82 Å². The summed E-state index contributed by atoms with van der Waals surface area (Å²) in [5.74, 6) is -0.357. The van der Waals surface area contributed by atoms with Crippen molar-refractivity contribution in [1.82, 2.24) is 0 Å². The molecule has 0 saturated carbocycles. The SMILES string of the molecule is Fc1ccc(NCc2cccc(C(F)(F)F)c2)cc1. The van der Waals surface area contributed by atoms with E-state index in [4.69, 9.17) is 0 Å². The first kappa shape index (κ1) is 13.4. The number of alkyl halides is 3. The molecule has 1 nitrogen and oxygen atoms in total. The molecule has 0 aliphatic rings. The summed E-state index contributed by atoms with van der Waals surface area (Å²) in [5, 5.41) is 2.93. The zero-order valence-electron chi connectivity index (χ0n) is 9.84. The normalized spacial score (nSPS) is 11.4. The summed E-state index contributed by atoms with van der Waals surface area (Å²) in [5.41, 5.74) is 0.490. The van der Waals surface area contributed by atoms with Crippen molar-refractivity contribution in [3.05, 3.63) is 65.5 Å². The predicted molar refractivity (Wildman–Crippen MR) is 65.2 cm³/mol. The lowest BCUT2D eigenvalue weighted by atomic mass is 10.1. The number of rotatable bonds is 3. The van der Waals surface area contributed by atoms with Crippen molar-refractivity contribution in [2.75, 3.05) is 5.32 Å². The number of anilines is 1. The summed E-state index contributed by atoms with van der Waals surface area (Å²) in [6, 6.07) is 10.7. The Labute approximate surface area is 107 Å². The molecule has 0 saturated heterocycles. The number of hydrogen-bond acceptors (Lipinski definition) is 1. The first-order chi connectivity index (χ1) is 8.95. The molecule has 0 radical (unpaired) electrons. The van der Waals surface area contributed by atoms with E-state index in [0.29, 0.717) is 11.3 Å². The Hall–Kier alpha value is -2.04. The van der Waals surface area contributed by atoms with Gasteiger partial charge in [0, 0.05) is 12.2 Å². The zero-order chi connectivity index (χ0) is 13.9. The van der Waals surface area contributed by atoms with Gasteiger partial charge in [0.25, 0.3) is 0 Å². The molecule has 0 spiro atoms. The van der Waals surface area contributed by atoms with E-state index >= 15 is 0 Å². The maximum absolute atomic E-state index is 12.7. The third kappa shape index (κ3) is 3.71. The third-order valence-electron chi connectivity index (χ3n) is 2.60. The van der Waals surface area contributed by atoms with Crippen LogP contribution in [0.4, 0.5) is 23.2 Å². The van der Waals surface area contributed by atoms with Crippen LogP contribution in [0.5, 0.6) is 0 Å². The number of halogens is 4. The highest BCUT2D eigenvalue weighted by Crippen LogP contribution is 2.29. The van der Waals surface area contributed by atoms with Gasteiger partial charge in [0.15, 0.2) is 0 Å². The molecule has 0 heterocycles. The Balaban J connectivity index is 2.05. The van der Waals surface area contributed by atoms with Crippen LogP contribution in [0.3, 0.4) is 0 Å². The van der Waals surface area contributed by atoms with Crippen LogP contribution in [0.15, 0.2) is 48.5 Å². The highest BCUT2D eigenvalue weighted by Gasteiger charge is 2.30. The van der Waals surface area contributed by atoms with E-state index < -0.39 is 11.7 Å². The first-order valence-corrected chi connectivity index (χ1v) is 5.61. The average Bonchev–Trinajstić information content (AvgIpc) is 2.37. The monoisotopic (exact) mass is 269 g/mol. The molecule has 2 rings (SSSR count). The maximum Gasteiger partial charge on any atom is 0.416 e. The zero-order valence-corrected chi connectivity index (χ0v) is 9.84. The molecule has 2 aromatic rings. The van der Waals surface area contributed by atoms with E-state index in [2.05, 4.69) is 5.32 Å². The molecule has 2 aromatic carbocycles. The second kappa shape index (κ2) is 5.30. The molecule has 0 amide bonds. The van der Waals surface area contributed by atoms with Crippen molar-refractivity contribution in [3.63, 3.8) is 0 Å². The largest absolute Gasteiger partial charge is 0.416 e. The van der Waals surface area contributed by atoms with Gasteiger partial charge >= 0.3 is 6.18 Å². The lowest BCUT2D eigenvalue weighted by molar-refractivity contribution is -0.137. The molecule has 0 aliphatic carbocycles. The van der Waals surface area contributed by atoms with Gasteiger partial charge in [0.05, 0.1) is 5.56 Å². The molecule has 1 N–H and O–H groups in total. The van der Waals surface area contributed by atoms with E-state index in [1.807, 2.05) is 0 Å². The Morgan fingerprint density at radius 1 is 0.947 bits per heavy atom. The van der Waals surface area contributed by atoms with Crippen molar-refractivity contribution in [3.8, 4) is 0 Å². The van der Waals surface area contributed by atoms with E-state index in [1.165, 1.54) is 30.3 Å². The van der Waals surface area contributed by atoms with Gasteiger partial charge in [-0.05, 0) is 42.0 Å². The summed E-state index contributed by atoms with van der Waals surface area (Å²) in [7, 11) is 0. The first-order valence-electron chi connectivity index (χ1n) is 5.61. The molecule has 100 valence electrons. The minimum atomic E-state index is -4.34. The lowest BCUT2D eigenvalue weighted by Crippen LogP contribution is -2.06. The molecular weight excluding hydrogens is 258 g/mol. The standard InChI is InChI=1S/C14H11F4N/c15-12-4-6-13(7-5-12)19-9-10-2-1-3-11(8-10)14(16,17)18/h1-8,19H,9H2. The summed E-state index contributed by atoms with van der Waals surface area (Å²) in [6.07, 6.45) is -4.34. The Kier molecular flexibility index (Phi) is 3.74. The number of nitrogens with one attached hydrogen (secondary N) is 1. The van der Waals surface area contributed by atoms with Gasteiger partial charge in [-0.2, -0.15) is 13.2 Å². The van der Waals surface area contributed by atoms with Crippen molar-refractivity contribution in [2.45, 2.75) is 12.7 Å². The van der Waals surface area contributed by atoms with E-state index in [1.54, 1.807) is 6.07 Å². The minimum absolute atomic E-state index is 0.246. The van der Waals surface area contributed by atoms with Crippen molar-refractivity contribution in [2.24, 2.45) is 0 Å². The predicted octanol–water partition coefficient (Wildman–Crippen LogP) is 4.46. The topological polar surface area (TPSA) is 12.0 Å². The molecule has 0 fully saturated rings. The molecule has 19 heavy (non-hydrogen) atoms. The van der Waals surface area contributed by atoms with Crippen LogP contribution in [0.25, 0.3) is 0 Å². The molecule has 0 atom stereocenters. The minimum Gasteiger partial charge on any atom is -0.381 e. The van der Waals surface area contributed by atoms with Gasteiger partial charge in [0.2, 0.25) is 0 Å². The van der Waals surface area contributed by atoms with E-state index in [9.17, 15) is 17.6 Å². The molecule has 0 bridgehead atoms. The molecule has 0 unspecified atom stereocenters. The summed E-state index contributed by atoms with van der Waals surface area (Å²) >= 11 is 0. The van der Waals surface area contributed by atoms with E-state index in [-0.39, 0.29) is 12.4 Å². The summed E-state index contributed by atoms with van der Waals surface area (Å²) < 4.78 is 50.2. The fourth-order valence-electron chi connectivity index (χ4n) is 1.63. The highest BCUT2D eigenvalue weighted by atomic mass is 19.4. The van der Waals surface area contributed by atoms with Crippen molar-refractivity contribution in [1.29, 1.82) is 0 Å². The quantitative estimate of drug-likeness (QED) is 0.811. The number of benzene rings is 2. The van der Waals surface area contributed by atoms with Gasteiger partial charge < -0.3 is 5.32 Å².